The quantitative estimate of drug-likeness (QED) is 0.0584. The molecule has 0 aliphatic heterocycles. The van der Waals surface area contributed by atoms with E-state index in [4.69, 9.17) is 0 Å². The third-order valence-electron chi connectivity index (χ3n) is 9.35. The Kier molecular flexibility index (Phi) is 28.6. The summed E-state index contributed by atoms with van der Waals surface area (Å²) < 4.78 is 5.24. The maximum atomic E-state index is 2.63. The molecule has 0 bridgehead atoms. The third-order valence-corrected chi connectivity index (χ3v) is 9.35. The summed E-state index contributed by atoms with van der Waals surface area (Å²) in [5.74, 6) is 1.62. The first-order valence-corrected chi connectivity index (χ1v) is 19.4. The van der Waals surface area contributed by atoms with Crippen LogP contribution in [-0.2, 0) is 19.5 Å². The fourth-order valence-electron chi connectivity index (χ4n) is 6.50. The van der Waals surface area contributed by atoms with E-state index in [9.17, 15) is 0 Å². The van der Waals surface area contributed by atoms with Gasteiger partial charge in [-0.25, -0.2) is 9.13 Å². The van der Waals surface area contributed by atoms with Crippen molar-refractivity contribution >= 4 is 0 Å². The van der Waals surface area contributed by atoms with Crippen LogP contribution in [0.1, 0.15) is 219 Å². The fourth-order valence-corrected chi connectivity index (χ4v) is 6.50. The van der Waals surface area contributed by atoms with E-state index in [2.05, 4.69) is 42.3 Å². The standard InChI is InChI=1S/C39H77N2/c1-4-7-10-13-15-17-19-20-21-22-23-25-27-30-33-36-41-38-37-40(35-32-29-12-9-6-3)39(41)34-31-28-26-24-18-16-14-11-8-5-2/h37-38H,4-36H2,1-3H3/q+1. The van der Waals surface area contributed by atoms with Crippen LogP contribution >= 0.6 is 0 Å². The number of imidazole rings is 1. The zero-order valence-corrected chi connectivity index (χ0v) is 28.9. The molecule has 242 valence electrons. The van der Waals surface area contributed by atoms with Gasteiger partial charge >= 0.3 is 0 Å². The molecule has 0 aliphatic rings. The van der Waals surface area contributed by atoms with Crippen LogP contribution in [0.25, 0.3) is 0 Å². The second-order valence-electron chi connectivity index (χ2n) is 13.4. The normalized spacial score (nSPS) is 11.6. The van der Waals surface area contributed by atoms with E-state index in [-0.39, 0.29) is 0 Å². The summed E-state index contributed by atoms with van der Waals surface area (Å²) in [6.45, 7) is 9.39. The molecular weight excluding hydrogens is 496 g/mol. The van der Waals surface area contributed by atoms with Crippen molar-refractivity contribution in [1.29, 1.82) is 0 Å². The van der Waals surface area contributed by atoms with E-state index in [0.29, 0.717) is 0 Å². The zero-order chi connectivity index (χ0) is 29.5. The van der Waals surface area contributed by atoms with Crippen LogP contribution < -0.4 is 4.57 Å². The molecule has 0 atom stereocenters. The SMILES string of the molecule is CCCCCCCCCCCCCCCCCn1cc[n+](CCCCCCC)c1CCCCCCCCCCCC. The molecule has 0 radical (unpaired) electrons. The van der Waals surface area contributed by atoms with E-state index in [1.54, 1.807) is 5.82 Å². The van der Waals surface area contributed by atoms with Crippen molar-refractivity contribution in [3.63, 3.8) is 0 Å². The van der Waals surface area contributed by atoms with Gasteiger partial charge in [-0.15, -0.1) is 0 Å². The van der Waals surface area contributed by atoms with E-state index < -0.39 is 0 Å². The first-order valence-electron chi connectivity index (χ1n) is 19.4. The maximum absolute atomic E-state index is 2.63. The molecule has 0 aliphatic carbocycles. The van der Waals surface area contributed by atoms with Crippen LogP contribution in [0.5, 0.6) is 0 Å². The largest absolute Gasteiger partial charge is 0.256 e. The molecule has 0 spiro atoms. The molecule has 0 fully saturated rings. The summed E-state index contributed by atoms with van der Waals surface area (Å²) in [5.41, 5.74) is 0. The van der Waals surface area contributed by atoms with Crippen molar-refractivity contribution < 1.29 is 4.57 Å². The van der Waals surface area contributed by atoms with Gasteiger partial charge in [0.2, 0.25) is 0 Å². The molecule has 1 aromatic heterocycles. The molecule has 0 unspecified atom stereocenters. The molecule has 1 rings (SSSR count). The highest BCUT2D eigenvalue weighted by molar-refractivity contribution is 4.84. The van der Waals surface area contributed by atoms with Crippen LogP contribution in [0.2, 0.25) is 0 Å². The van der Waals surface area contributed by atoms with E-state index in [0.717, 1.165) is 0 Å². The molecule has 0 amide bonds. The minimum atomic E-state index is 1.22. The van der Waals surface area contributed by atoms with Gasteiger partial charge in [0.25, 0.3) is 5.82 Å². The summed E-state index contributed by atoms with van der Waals surface area (Å²) in [6, 6.07) is 0. The van der Waals surface area contributed by atoms with Crippen LogP contribution in [-0.4, -0.2) is 4.57 Å². The first kappa shape index (κ1) is 38.2. The molecule has 2 nitrogen and oxygen atoms in total. The maximum Gasteiger partial charge on any atom is 0.256 e. The van der Waals surface area contributed by atoms with Gasteiger partial charge < -0.3 is 0 Å². The van der Waals surface area contributed by atoms with Crippen molar-refractivity contribution in [2.24, 2.45) is 0 Å². The van der Waals surface area contributed by atoms with Crippen LogP contribution in [0.4, 0.5) is 0 Å². The highest BCUT2D eigenvalue weighted by Gasteiger charge is 2.16. The number of unbranched alkanes of at least 4 members (excludes halogenated alkanes) is 27. The van der Waals surface area contributed by atoms with Gasteiger partial charge in [-0.3, -0.25) is 0 Å². The minimum Gasteiger partial charge on any atom is -0.234 e. The molecule has 41 heavy (non-hydrogen) atoms. The Labute approximate surface area is 259 Å². The Morgan fingerprint density at radius 2 is 0.756 bits per heavy atom. The predicted molar refractivity (Wildman–Crippen MR) is 184 cm³/mol. The van der Waals surface area contributed by atoms with Crippen LogP contribution in [0, 0.1) is 0 Å². The number of hydrogen-bond donors (Lipinski definition) is 0. The number of nitrogens with zero attached hydrogens (tertiary/aromatic N) is 2. The summed E-state index contributed by atoms with van der Waals surface area (Å²) in [5, 5.41) is 0. The highest BCUT2D eigenvalue weighted by atomic mass is 15.1. The second-order valence-corrected chi connectivity index (χ2v) is 13.4. The van der Waals surface area contributed by atoms with Gasteiger partial charge in [-0.1, -0.05) is 181 Å². The molecule has 1 aromatic rings. The van der Waals surface area contributed by atoms with Gasteiger partial charge in [0.15, 0.2) is 0 Å². The smallest absolute Gasteiger partial charge is 0.234 e. The lowest BCUT2D eigenvalue weighted by Crippen LogP contribution is -2.37. The summed E-state index contributed by atoms with van der Waals surface area (Å²) in [6.07, 6.45) is 48.9. The summed E-state index contributed by atoms with van der Waals surface area (Å²) in [7, 11) is 0. The molecule has 2 heteroatoms. The van der Waals surface area contributed by atoms with Crippen molar-refractivity contribution in [3.05, 3.63) is 18.2 Å². The Balaban J connectivity index is 2.21. The second kappa shape index (κ2) is 30.7. The van der Waals surface area contributed by atoms with Gasteiger partial charge in [0, 0.05) is 6.42 Å². The molecular formula is C39H77N2+. The number of aromatic nitrogens is 2. The minimum absolute atomic E-state index is 1.22. The molecule has 0 saturated carbocycles. The number of hydrogen-bond acceptors (Lipinski definition) is 0. The van der Waals surface area contributed by atoms with Gasteiger partial charge in [-0.2, -0.15) is 0 Å². The predicted octanol–water partition coefficient (Wildman–Crippen LogP) is 13.1. The summed E-state index contributed by atoms with van der Waals surface area (Å²) in [4.78, 5) is 0. The first-order chi connectivity index (χ1) is 20.3. The van der Waals surface area contributed by atoms with Crippen molar-refractivity contribution in [2.45, 2.75) is 233 Å². The Hall–Kier alpha value is -0.790. The Morgan fingerprint density at radius 3 is 1.17 bits per heavy atom. The Morgan fingerprint density at radius 1 is 0.415 bits per heavy atom. The fraction of sp³-hybridized carbons (Fsp3) is 0.923. The van der Waals surface area contributed by atoms with E-state index >= 15 is 0 Å². The lowest BCUT2D eigenvalue weighted by molar-refractivity contribution is -0.704. The highest BCUT2D eigenvalue weighted by Crippen LogP contribution is 2.15. The van der Waals surface area contributed by atoms with Crippen LogP contribution in [0.3, 0.4) is 0 Å². The zero-order valence-electron chi connectivity index (χ0n) is 28.9. The van der Waals surface area contributed by atoms with Crippen molar-refractivity contribution in [3.8, 4) is 0 Å². The summed E-state index contributed by atoms with van der Waals surface area (Å²) >= 11 is 0. The van der Waals surface area contributed by atoms with Crippen molar-refractivity contribution in [1.82, 2.24) is 4.57 Å². The van der Waals surface area contributed by atoms with Crippen LogP contribution in [0.15, 0.2) is 12.4 Å². The topological polar surface area (TPSA) is 8.81 Å². The molecule has 1 heterocycles. The Bertz CT molecular complexity index is 634. The van der Waals surface area contributed by atoms with E-state index in [1.807, 2.05) is 0 Å². The lowest BCUT2D eigenvalue weighted by atomic mass is 10.0. The van der Waals surface area contributed by atoms with Gasteiger partial charge in [-0.05, 0) is 32.1 Å². The van der Waals surface area contributed by atoms with Gasteiger partial charge in [0.1, 0.15) is 12.4 Å². The average molecular weight is 574 g/mol. The molecule has 0 saturated heterocycles. The monoisotopic (exact) mass is 574 g/mol. The third kappa shape index (κ3) is 23.4. The molecule has 0 aromatic carbocycles. The van der Waals surface area contributed by atoms with Crippen molar-refractivity contribution in [2.75, 3.05) is 0 Å². The lowest BCUT2D eigenvalue weighted by Gasteiger charge is -2.07. The number of rotatable bonds is 33. The molecule has 0 N–H and O–H groups in total. The number of aryl methyl sites for hydroxylation is 2. The van der Waals surface area contributed by atoms with E-state index in [1.165, 1.54) is 212 Å². The average Bonchev–Trinajstić information content (AvgIpc) is 3.37. The van der Waals surface area contributed by atoms with Gasteiger partial charge in [0.05, 0.1) is 13.1 Å².